The molecule has 0 aromatic heterocycles. The van der Waals surface area contributed by atoms with Crippen molar-refractivity contribution < 1.29 is 8.78 Å². The Morgan fingerprint density at radius 3 is 2.53 bits per heavy atom. The maximum absolute atomic E-state index is 13.3. The number of allylic oxidation sites excluding steroid dienone is 2. The van der Waals surface area contributed by atoms with Crippen molar-refractivity contribution >= 4 is 0 Å². The first kappa shape index (κ1) is 9.69. The Kier molecular flexibility index (Phi) is 2.66. The van der Waals surface area contributed by atoms with E-state index in [4.69, 9.17) is 0 Å². The molecule has 2 rings (SSSR count). The van der Waals surface area contributed by atoms with Crippen LogP contribution in [-0.4, -0.2) is 4.90 Å². The fourth-order valence-electron chi connectivity index (χ4n) is 1.36. The first-order valence-electron chi connectivity index (χ1n) is 4.55. The molecule has 0 N–H and O–H groups in total. The number of rotatable bonds is 2. The first-order valence-corrected chi connectivity index (χ1v) is 4.55. The monoisotopic (exact) mass is 205 g/mol. The molecule has 1 aliphatic heterocycles. The van der Waals surface area contributed by atoms with Gasteiger partial charge in [0.15, 0.2) is 0 Å². The molecule has 0 atom stereocenters. The van der Waals surface area contributed by atoms with Gasteiger partial charge in [0.05, 0.1) is 6.54 Å². The predicted molar refractivity (Wildman–Crippen MR) is 53.7 cm³/mol. The minimum atomic E-state index is -0.522. The van der Waals surface area contributed by atoms with Gasteiger partial charge in [0.25, 0.3) is 0 Å². The van der Waals surface area contributed by atoms with Crippen LogP contribution < -0.4 is 0 Å². The van der Waals surface area contributed by atoms with E-state index in [1.54, 1.807) is 29.5 Å². The minimum absolute atomic E-state index is 0.0714. The third-order valence-electron chi connectivity index (χ3n) is 2.11. The molecule has 1 aliphatic rings. The lowest BCUT2D eigenvalue weighted by Gasteiger charge is -2.16. The van der Waals surface area contributed by atoms with E-state index in [0.717, 1.165) is 0 Å². The minimum Gasteiger partial charge on any atom is -0.343 e. The molecule has 0 fully saturated rings. The molecule has 0 bridgehead atoms. The molecule has 0 radical (unpaired) electrons. The summed E-state index contributed by atoms with van der Waals surface area (Å²) in [7, 11) is 0. The molecule has 0 unspecified atom stereocenters. The van der Waals surface area contributed by atoms with E-state index in [0.29, 0.717) is 0 Å². The molecule has 0 aliphatic carbocycles. The largest absolute Gasteiger partial charge is 0.343 e. The molecular formula is C12H9F2N. The van der Waals surface area contributed by atoms with Gasteiger partial charge in [-0.25, -0.2) is 8.78 Å². The highest BCUT2D eigenvalue weighted by molar-refractivity contribution is 5.21. The maximum Gasteiger partial charge on any atom is 0.131 e. The number of nitrogens with zero attached hydrogens (tertiary/aromatic N) is 1. The van der Waals surface area contributed by atoms with E-state index in [2.05, 4.69) is 5.73 Å². The topological polar surface area (TPSA) is 3.24 Å². The van der Waals surface area contributed by atoms with Crippen molar-refractivity contribution in [2.45, 2.75) is 6.54 Å². The summed E-state index contributed by atoms with van der Waals surface area (Å²) in [5.74, 6) is -1.04. The Morgan fingerprint density at radius 1 is 1.20 bits per heavy atom. The van der Waals surface area contributed by atoms with Crippen LogP contribution in [-0.2, 0) is 6.54 Å². The van der Waals surface area contributed by atoms with Crippen molar-refractivity contribution in [2.24, 2.45) is 0 Å². The number of hydrogen-bond acceptors (Lipinski definition) is 1. The van der Waals surface area contributed by atoms with Gasteiger partial charge in [-0.1, -0.05) is 6.07 Å². The molecule has 0 saturated heterocycles. The molecule has 15 heavy (non-hydrogen) atoms. The van der Waals surface area contributed by atoms with Gasteiger partial charge in [-0.15, -0.1) is 5.73 Å². The molecule has 1 aromatic carbocycles. The lowest BCUT2D eigenvalue weighted by Crippen LogP contribution is -2.12. The second-order valence-electron chi connectivity index (χ2n) is 3.18. The molecule has 0 saturated carbocycles. The van der Waals surface area contributed by atoms with E-state index in [1.807, 2.05) is 0 Å². The highest BCUT2D eigenvalue weighted by Gasteiger charge is 2.10. The highest BCUT2D eigenvalue weighted by Crippen LogP contribution is 2.15. The third kappa shape index (κ3) is 2.14. The lowest BCUT2D eigenvalue weighted by atomic mass is 10.2. The zero-order valence-electron chi connectivity index (χ0n) is 7.95. The van der Waals surface area contributed by atoms with Crippen LogP contribution in [0.3, 0.4) is 0 Å². The van der Waals surface area contributed by atoms with Gasteiger partial charge in [-0.05, 0) is 24.3 Å². The van der Waals surface area contributed by atoms with Gasteiger partial charge in [-0.3, -0.25) is 0 Å². The van der Waals surface area contributed by atoms with Crippen LogP contribution in [0.4, 0.5) is 8.78 Å². The van der Waals surface area contributed by atoms with E-state index >= 15 is 0 Å². The van der Waals surface area contributed by atoms with Crippen molar-refractivity contribution in [3.05, 3.63) is 65.7 Å². The lowest BCUT2D eigenvalue weighted by molar-refractivity contribution is 0.455. The van der Waals surface area contributed by atoms with Crippen molar-refractivity contribution in [2.75, 3.05) is 0 Å². The standard InChI is InChI=1S/C12H9F2N/c13-11-5-4-6-12(14)10(11)9-15-7-2-1-3-8-15/h1-2,4-8H,9H2. The molecule has 76 valence electrons. The smallest absolute Gasteiger partial charge is 0.131 e. The van der Waals surface area contributed by atoms with Gasteiger partial charge in [-0.2, -0.15) is 0 Å². The van der Waals surface area contributed by atoms with E-state index in [-0.39, 0.29) is 12.1 Å². The Balaban J connectivity index is 2.24. The van der Waals surface area contributed by atoms with Crippen LogP contribution in [0, 0.1) is 11.6 Å². The molecule has 0 spiro atoms. The summed E-state index contributed by atoms with van der Waals surface area (Å²) < 4.78 is 26.5. The summed E-state index contributed by atoms with van der Waals surface area (Å²) in [6.45, 7) is 0.176. The average Bonchev–Trinajstić information content (AvgIpc) is 2.25. The molecule has 1 aromatic rings. The Labute approximate surface area is 86.6 Å². The average molecular weight is 205 g/mol. The first-order chi connectivity index (χ1) is 7.27. The quantitative estimate of drug-likeness (QED) is 0.671. The summed E-state index contributed by atoms with van der Waals surface area (Å²) in [6.07, 6.45) is 6.88. The second-order valence-corrected chi connectivity index (χ2v) is 3.18. The molecule has 1 heterocycles. The predicted octanol–water partition coefficient (Wildman–Crippen LogP) is 2.96. The van der Waals surface area contributed by atoms with Crippen LogP contribution in [0.2, 0.25) is 0 Å². The second kappa shape index (κ2) is 4.11. The van der Waals surface area contributed by atoms with Crippen LogP contribution >= 0.6 is 0 Å². The number of benzene rings is 1. The van der Waals surface area contributed by atoms with Gasteiger partial charge in [0.1, 0.15) is 11.6 Å². The zero-order chi connectivity index (χ0) is 10.7. The number of halogens is 2. The van der Waals surface area contributed by atoms with Crippen molar-refractivity contribution in [3.8, 4) is 0 Å². The van der Waals surface area contributed by atoms with Crippen LogP contribution in [0.1, 0.15) is 5.56 Å². The summed E-state index contributed by atoms with van der Waals surface area (Å²) in [4.78, 5) is 1.67. The van der Waals surface area contributed by atoms with Crippen LogP contribution in [0.25, 0.3) is 0 Å². The summed E-state index contributed by atoms with van der Waals surface area (Å²) in [6, 6.07) is 3.87. The van der Waals surface area contributed by atoms with Crippen molar-refractivity contribution in [1.29, 1.82) is 0 Å². The number of hydrogen-bond donors (Lipinski definition) is 0. The fourth-order valence-corrected chi connectivity index (χ4v) is 1.36. The van der Waals surface area contributed by atoms with Crippen LogP contribution in [0.15, 0.2) is 48.5 Å². The van der Waals surface area contributed by atoms with Gasteiger partial charge in [0, 0.05) is 18.0 Å². The van der Waals surface area contributed by atoms with Gasteiger partial charge in [0.2, 0.25) is 0 Å². The molecule has 1 nitrogen and oxygen atoms in total. The summed E-state index contributed by atoms with van der Waals surface area (Å²) in [5, 5.41) is 0. The Hall–Kier alpha value is -1.86. The molecule has 3 heteroatoms. The molecular weight excluding hydrogens is 196 g/mol. The Bertz CT molecular complexity index is 436. The zero-order valence-corrected chi connectivity index (χ0v) is 7.95. The van der Waals surface area contributed by atoms with E-state index < -0.39 is 11.6 Å². The maximum atomic E-state index is 13.3. The Morgan fingerprint density at radius 2 is 1.93 bits per heavy atom. The molecule has 0 amide bonds. The third-order valence-corrected chi connectivity index (χ3v) is 2.11. The van der Waals surface area contributed by atoms with Gasteiger partial charge < -0.3 is 4.90 Å². The van der Waals surface area contributed by atoms with Crippen LogP contribution in [0.5, 0.6) is 0 Å². The highest BCUT2D eigenvalue weighted by atomic mass is 19.1. The van der Waals surface area contributed by atoms with E-state index in [9.17, 15) is 8.78 Å². The van der Waals surface area contributed by atoms with Crippen molar-refractivity contribution in [3.63, 3.8) is 0 Å². The fraction of sp³-hybridized carbons (Fsp3) is 0.0833. The normalized spacial score (nSPS) is 13.6. The van der Waals surface area contributed by atoms with E-state index in [1.165, 1.54) is 18.2 Å². The van der Waals surface area contributed by atoms with Gasteiger partial charge >= 0.3 is 0 Å². The summed E-state index contributed by atoms with van der Waals surface area (Å²) >= 11 is 0. The SMILES string of the molecule is Fc1cccc(F)c1CN1C=C=CC=C1. The van der Waals surface area contributed by atoms with Crippen molar-refractivity contribution in [1.82, 2.24) is 4.90 Å². The summed E-state index contributed by atoms with van der Waals surface area (Å²) in [5.41, 5.74) is 2.91.